The van der Waals surface area contributed by atoms with Crippen LogP contribution >= 0.6 is 0 Å². The summed E-state index contributed by atoms with van der Waals surface area (Å²) in [5, 5.41) is 2.96. The number of hydrogen-bond donors (Lipinski definition) is 1. The van der Waals surface area contributed by atoms with Crippen LogP contribution in [0.3, 0.4) is 0 Å². The molecule has 122 valence electrons. The van der Waals surface area contributed by atoms with Gasteiger partial charge >= 0.3 is 0 Å². The second kappa shape index (κ2) is 7.45. The Morgan fingerprint density at radius 1 is 1.23 bits per heavy atom. The lowest BCUT2D eigenvalue weighted by molar-refractivity contribution is -0.126. The number of hydrogen-bond acceptors (Lipinski definition) is 4. The first-order valence-corrected chi connectivity index (χ1v) is 7.82. The largest absolute Gasteiger partial charge is 0.472 e. The Balaban J connectivity index is 1.81. The summed E-state index contributed by atoms with van der Waals surface area (Å²) in [6, 6.07) is 1.52. The first-order chi connectivity index (χ1) is 10.5. The van der Waals surface area contributed by atoms with Crippen molar-refractivity contribution in [3.63, 3.8) is 0 Å². The molecule has 1 atom stereocenters. The van der Waals surface area contributed by atoms with Crippen molar-refractivity contribution in [3.8, 4) is 0 Å². The van der Waals surface area contributed by atoms with E-state index in [0.717, 1.165) is 0 Å². The van der Waals surface area contributed by atoms with E-state index in [9.17, 15) is 9.59 Å². The quantitative estimate of drug-likeness (QED) is 0.887. The monoisotopic (exact) mass is 307 g/mol. The van der Waals surface area contributed by atoms with E-state index in [1.807, 2.05) is 6.92 Å². The van der Waals surface area contributed by atoms with Crippen LogP contribution in [0.4, 0.5) is 0 Å². The normalized spacial score (nSPS) is 17.5. The third-order valence-electron chi connectivity index (χ3n) is 3.98. The average molecular weight is 307 g/mol. The zero-order chi connectivity index (χ0) is 16.1. The Bertz CT molecular complexity index is 491. The molecule has 22 heavy (non-hydrogen) atoms. The number of furan rings is 1. The molecule has 1 aliphatic heterocycles. The van der Waals surface area contributed by atoms with Gasteiger partial charge in [0.05, 0.1) is 17.9 Å². The van der Waals surface area contributed by atoms with Crippen LogP contribution in [-0.2, 0) is 4.79 Å². The van der Waals surface area contributed by atoms with Gasteiger partial charge in [0.2, 0.25) is 5.91 Å². The highest BCUT2D eigenvalue weighted by Gasteiger charge is 2.28. The molecule has 1 saturated heterocycles. The fraction of sp³-hybridized carbons (Fsp3) is 0.625. The molecule has 0 radical (unpaired) electrons. The maximum Gasteiger partial charge on any atom is 0.257 e. The van der Waals surface area contributed by atoms with Crippen molar-refractivity contribution < 1.29 is 14.0 Å². The summed E-state index contributed by atoms with van der Waals surface area (Å²) in [4.78, 5) is 28.2. The van der Waals surface area contributed by atoms with Gasteiger partial charge in [0.25, 0.3) is 5.91 Å². The first-order valence-electron chi connectivity index (χ1n) is 7.82. The van der Waals surface area contributed by atoms with Crippen LogP contribution in [-0.4, -0.2) is 60.4 Å². The van der Waals surface area contributed by atoms with Gasteiger partial charge in [0.15, 0.2) is 0 Å². The van der Waals surface area contributed by atoms with Gasteiger partial charge in [-0.3, -0.25) is 14.5 Å². The SMILES string of the molecule is CC(C)CNC(=O)[C@H](C)N1CCN(C(=O)c2ccoc2)CC1. The van der Waals surface area contributed by atoms with Crippen molar-refractivity contribution in [2.24, 2.45) is 5.92 Å². The molecule has 1 N–H and O–H groups in total. The molecular formula is C16H25N3O3. The van der Waals surface area contributed by atoms with E-state index >= 15 is 0 Å². The van der Waals surface area contributed by atoms with Crippen LogP contribution in [0.15, 0.2) is 23.0 Å². The fourth-order valence-electron chi connectivity index (χ4n) is 2.50. The van der Waals surface area contributed by atoms with E-state index in [-0.39, 0.29) is 17.9 Å². The van der Waals surface area contributed by atoms with Crippen LogP contribution in [0.5, 0.6) is 0 Å². The minimum atomic E-state index is -0.162. The predicted molar refractivity (Wildman–Crippen MR) is 83.5 cm³/mol. The molecule has 2 heterocycles. The molecule has 0 bridgehead atoms. The lowest BCUT2D eigenvalue weighted by Gasteiger charge is -2.37. The summed E-state index contributed by atoms with van der Waals surface area (Å²) in [7, 11) is 0. The molecular weight excluding hydrogens is 282 g/mol. The number of nitrogens with one attached hydrogen (secondary N) is 1. The number of carbonyl (C=O) groups is 2. The molecule has 2 rings (SSSR count). The van der Waals surface area contributed by atoms with E-state index in [0.29, 0.717) is 44.2 Å². The average Bonchev–Trinajstić information content (AvgIpc) is 3.05. The minimum absolute atomic E-state index is 0.00897. The third-order valence-corrected chi connectivity index (χ3v) is 3.98. The van der Waals surface area contributed by atoms with Crippen molar-refractivity contribution in [3.05, 3.63) is 24.2 Å². The Morgan fingerprint density at radius 2 is 1.91 bits per heavy atom. The second-order valence-corrected chi connectivity index (χ2v) is 6.16. The van der Waals surface area contributed by atoms with E-state index in [4.69, 9.17) is 4.42 Å². The summed E-state index contributed by atoms with van der Waals surface area (Å²) in [6.07, 6.45) is 2.97. The van der Waals surface area contributed by atoms with Gasteiger partial charge in [-0.1, -0.05) is 13.8 Å². The highest BCUT2D eigenvalue weighted by molar-refractivity contribution is 5.93. The van der Waals surface area contributed by atoms with Crippen molar-refractivity contribution in [1.82, 2.24) is 15.1 Å². The smallest absolute Gasteiger partial charge is 0.257 e. The van der Waals surface area contributed by atoms with E-state index in [1.54, 1.807) is 11.0 Å². The van der Waals surface area contributed by atoms with Crippen molar-refractivity contribution in [2.45, 2.75) is 26.8 Å². The molecule has 1 fully saturated rings. The molecule has 1 aromatic heterocycles. The van der Waals surface area contributed by atoms with Gasteiger partial charge in [-0.15, -0.1) is 0 Å². The molecule has 6 nitrogen and oxygen atoms in total. The Labute approximate surface area is 131 Å². The van der Waals surface area contributed by atoms with Gasteiger partial charge < -0.3 is 14.6 Å². The Morgan fingerprint density at radius 3 is 2.45 bits per heavy atom. The number of rotatable bonds is 5. The molecule has 6 heteroatoms. The molecule has 0 unspecified atom stereocenters. The van der Waals surface area contributed by atoms with Gasteiger partial charge in [-0.05, 0) is 18.9 Å². The number of carbonyl (C=O) groups excluding carboxylic acids is 2. The van der Waals surface area contributed by atoms with E-state index in [1.165, 1.54) is 12.5 Å². The number of nitrogens with zero attached hydrogens (tertiary/aromatic N) is 2. The van der Waals surface area contributed by atoms with E-state index in [2.05, 4.69) is 24.1 Å². The van der Waals surface area contributed by atoms with Crippen LogP contribution in [0.2, 0.25) is 0 Å². The summed E-state index contributed by atoms with van der Waals surface area (Å²) in [5.41, 5.74) is 0.580. The maximum absolute atomic E-state index is 12.2. The summed E-state index contributed by atoms with van der Waals surface area (Å²) < 4.78 is 4.95. The standard InChI is InChI=1S/C16H25N3O3/c1-12(2)10-17-15(20)13(3)18-5-7-19(8-6-18)16(21)14-4-9-22-11-14/h4,9,11-13H,5-8,10H2,1-3H3,(H,17,20)/t13-/m0/s1. The molecule has 1 aliphatic rings. The van der Waals surface area contributed by atoms with Gasteiger partial charge in [0.1, 0.15) is 6.26 Å². The Hall–Kier alpha value is -1.82. The summed E-state index contributed by atoms with van der Waals surface area (Å²) in [6.45, 7) is 9.44. The van der Waals surface area contributed by atoms with Crippen molar-refractivity contribution in [1.29, 1.82) is 0 Å². The fourth-order valence-corrected chi connectivity index (χ4v) is 2.50. The molecule has 1 aromatic rings. The maximum atomic E-state index is 12.2. The molecule has 2 amide bonds. The highest BCUT2D eigenvalue weighted by atomic mass is 16.3. The molecule has 0 aromatic carbocycles. The van der Waals surface area contributed by atoms with Crippen molar-refractivity contribution in [2.75, 3.05) is 32.7 Å². The predicted octanol–water partition coefficient (Wildman–Crippen LogP) is 1.20. The van der Waals surface area contributed by atoms with Crippen LogP contribution in [0, 0.1) is 5.92 Å². The van der Waals surface area contributed by atoms with Crippen molar-refractivity contribution >= 4 is 11.8 Å². The van der Waals surface area contributed by atoms with Gasteiger partial charge in [0, 0.05) is 32.7 Å². The number of amides is 2. The molecule has 0 spiro atoms. The minimum Gasteiger partial charge on any atom is -0.472 e. The first kappa shape index (κ1) is 16.5. The summed E-state index contributed by atoms with van der Waals surface area (Å²) in [5.74, 6) is 0.495. The van der Waals surface area contributed by atoms with E-state index < -0.39 is 0 Å². The van der Waals surface area contributed by atoms with Crippen LogP contribution < -0.4 is 5.32 Å². The van der Waals surface area contributed by atoms with Crippen LogP contribution in [0.1, 0.15) is 31.1 Å². The second-order valence-electron chi connectivity index (χ2n) is 6.16. The van der Waals surface area contributed by atoms with Crippen LogP contribution in [0.25, 0.3) is 0 Å². The molecule has 0 saturated carbocycles. The van der Waals surface area contributed by atoms with Gasteiger partial charge in [-0.25, -0.2) is 0 Å². The van der Waals surface area contributed by atoms with Gasteiger partial charge in [-0.2, -0.15) is 0 Å². The lowest BCUT2D eigenvalue weighted by atomic mass is 10.2. The topological polar surface area (TPSA) is 65.8 Å². The zero-order valence-electron chi connectivity index (χ0n) is 13.5. The zero-order valence-corrected chi connectivity index (χ0v) is 13.5. The Kier molecular flexibility index (Phi) is 5.60. The lowest BCUT2D eigenvalue weighted by Crippen LogP contribution is -2.55. The molecule has 0 aliphatic carbocycles. The third kappa shape index (κ3) is 4.10. The summed E-state index contributed by atoms with van der Waals surface area (Å²) >= 11 is 0. The highest BCUT2D eigenvalue weighted by Crippen LogP contribution is 2.11. The number of piperazine rings is 1.